The Hall–Kier alpha value is -1.33. The Labute approximate surface area is 145 Å². The lowest BCUT2D eigenvalue weighted by atomic mass is 9.75. The van der Waals surface area contributed by atoms with E-state index in [-0.39, 0.29) is 24.4 Å². The summed E-state index contributed by atoms with van der Waals surface area (Å²) in [4.78, 5) is 11.6. The number of carbonyl (C=O) groups excluding carboxylic acids is 1. The maximum Gasteiger partial charge on any atom is 0.493 e. The molecule has 1 aromatic carbocycles. The summed E-state index contributed by atoms with van der Waals surface area (Å²) in [5.41, 5.74) is 2.46. The average molecular weight is 330 g/mol. The minimum Gasteiger partial charge on any atom is -0.466 e. The Morgan fingerprint density at radius 2 is 1.92 bits per heavy atom. The molecule has 2 fully saturated rings. The predicted octanol–water partition coefficient (Wildman–Crippen LogP) is 2.59. The molecule has 5 heteroatoms. The molecule has 0 radical (unpaired) electrons. The van der Waals surface area contributed by atoms with Gasteiger partial charge in [0.1, 0.15) is 0 Å². The van der Waals surface area contributed by atoms with E-state index < -0.39 is 0 Å². The van der Waals surface area contributed by atoms with Crippen LogP contribution >= 0.6 is 0 Å². The Kier molecular flexibility index (Phi) is 5.31. The summed E-state index contributed by atoms with van der Waals surface area (Å²) in [5.74, 6) is 0.611. The highest BCUT2D eigenvalue weighted by Crippen LogP contribution is 2.42. The van der Waals surface area contributed by atoms with E-state index >= 15 is 0 Å². The molecule has 1 saturated heterocycles. The highest BCUT2D eigenvalue weighted by molar-refractivity contribution is 6.61. The molecule has 0 spiro atoms. The van der Waals surface area contributed by atoms with Crippen molar-refractivity contribution in [3.05, 3.63) is 29.8 Å². The first-order chi connectivity index (χ1) is 11.5. The molecule has 1 aliphatic heterocycles. The van der Waals surface area contributed by atoms with Gasteiger partial charge in [-0.3, -0.25) is 4.79 Å². The predicted molar refractivity (Wildman–Crippen MR) is 94.1 cm³/mol. The summed E-state index contributed by atoms with van der Waals surface area (Å²) in [6.45, 7) is 8.07. The first-order valence-corrected chi connectivity index (χ1v) is 8.97. The van der Waals surface area contributed by atoms with E-state index in [1.165, 1.54) is 5.56 Å². The van der Waals surface area contributed by atoms with Crippen LogP contribution in [-0.4, -0.2) is 32.9 Å². The molecule has 0 aromatic heterocycles. The van der Waals surface area contributed by atoms with Crippen molar-refractivity contribution in [1.29, 1.82) is 0 Å². The van der Waals surface area contributed by atoms with E-state index in [1.807, 2.05) is 6.92 Å². The van der Waals surface area contributed by atoms with Crippen LogP contribution in [-0.2, 0) is 25.3 Å². The number of carbonyl (C=O) groups is 1. The van der Waals surface area contributed by atoms with Crippen molar-refractivity contribution in [2.24, 2.45) is 17.3 Å². The van der Waals surface area contributed by atoms with Crippen LogP contribution in [0.5, 0.6) is 0 Å². The van der Waals surface area contributed by atoms with Gasteiger partial charge in [-0.15, -0.1) is 0 Å². The molecule has 0 bridgehead atoms. The van der Waals surface area contributed by atoms with Crippen LogP contribution in [0, 0.1) is 17.3 Å². The highest BCUT2D eigenvalue weighted by atomic mass is 16.6. The van der Waals surface area contributed by atoms with E-state index in [0.717, 1.165) is 37.9 Å². The molecule has 4 nitrogen and oxygen atoms in total. The van der Waals surface area contributed by atoms with Crippen molar-refractivity contribution in [2.45, 2.75) is 40.0 Å². The second-order valence-corrected chi connectivity index (χ2v) is 7.75. The topological polar surface area (TPSA) is 44.8 Å². The minimum atomic E-state index is -0.247. The largest absolute Gasteiger partial charge is 0.493 e. The monoisotopic (exact) mass is 330 g/mol. The number of ether oxygens (including phenoxy) is 1. The molecule has 1 heterocycles. The Morgan fingerprint density at radius 3 is 2.54 bits per heavy atom. The number of hydrogen-bond acceptors (Lipinski definition) is 4. The number of aryl methyl sites for hydroxylation is 1. The van der Waals surface area contributed by atoms with Crippen molar-refractivity contribution >= 4 is 18.6 Å². The van der Waals surface area contributed by atoms with Gasteiger partial charge in [-0.05, 0) is 43.1 Å². The van der Waals surface area contributed by atoms with Crippen LogP contribution in [0.3, 0.4) is 0 Å². The van der Waals surface area contributed by atoms with Gasteiger partial charge in [0.15, 0.2) is 0 Å². The summed E-state index contributed by atoms with van der Waals surface area (Å²) >= 11 is 0. The Morgan fingerprint density at radius 1 is 1.25 bits per heavy atom. The number of hydrogen-bond donors (Lipinski definition) is 0. The molecule has 1 saturated carbocycles. The van der Waals surface area contributed by atoms with E-state index in [1.54, 1.807) is 0 Å². The van der Waals surface area contributed by atoms with Crippen molar-refractivity contribution in [3.8, 4) is 0 Å². The molecule has 24 heavy (non-hydrogen) atoms. The van der Waals surface area contributed by atoms with Gasteiger partial charge >= 0.3 is 13.1 Å². The first-order valence-electron chi connectivity index (χ1n) is 8.97. The van der Waals surface area contributed by atoms with Crippen molar-refractivity contribution in [2.75, 3.05) is 19.8 Å². The van der Waals surface area contributed by atoms with Gasteiger partial charge in [-0.2, -0.15) is 0 Å². The third kappa shape index (κ3) is 4.39. The van der Waals surface area contributed by atoms with Crippen LogP contribution in [0.4, 0.5) is 0 Å². The number of rotatable bonds is 6. The molecule has 2 aliphatic rings. The van der Waals surface area contributed by atoms with Crippen LogP contribution in [0.2, 0.25) is 0 Å². The van der Waals surface area contributed by atoms with Gasteiger partial charge < -0.3 is 14.0 Å². The van der Waals surface area contributed by atoms with Gasteiger partial charge in [-0.25, -0.2) is 0 Å². The molecule has 2 atom stereocenters. The fourth-order valence-electron chi connectivity index (χ4n) is 3.18. The van der Waals surface area contributed by atoms with Gasteiger partial charge in [0.25, 0.3) is 0 Å². The van der Waals surface area contributed by atoms with Crippen molar-refractivity contribution < 1.29 is 18.8 Å². The second-order valence-electron chi connectivity index (χ2n) is 7.75. The minimum absolute atomic E-state index is 0.0210. The molecule has 1 unspecified atom stereocenters. The first kappa shape index (κ1) is 17.5. The fraction of sp³-hybridized carbons (Fsp3) is 0.632. The van der Waals surface area contributed by atoms with E-state index in [4.69, 9.17) is 14.0 Å². The van der Waals surface area contributed by atoms with Gasteiger partial charge in [0, 0.05) is 18.6 Å². The molecule has 0 amide bonds. The molecular formula is C19H27BO4. The molecule has 1 aromatic rings. The molecule has 3 rings (SSSR count). The summed E-state index contributed by atoms with van der Waals surface area (Å²) in [6, 6.07) is 8.47. The molecule has 130 valence electrons. The van der Waals surface area contributed by atoms with Crippen molar-refractivity contribution in [1.82, 2.24) is 0 Å². The standard InChI is InChI=1S/C19H27BO4/c1-4-22-18(21)17-11-15(17)8-5-14-6-9-16(10-7-14)20-23-12-19(2,3)13-24-20/h6-7,9-10,15,17H,4-5,8,11-13H2,1-3H3/t15?,17-/m1/s1. The van der Waals surface area contributed by atoms with Crippen LogP contribution < -0.4 is 5.46 Å². The normalized spacial score (nSPS) is 25.4. The van der Waals surface area contributed by atoms with Gasteiger partial charge in [-0.1, -0.05) is 38.1 Å². The smallest absolute Gasteiger partial charge is 0.466 e. The molecule has 0 N–H and O–H groups in total. The van der Waals surface area contributed by atoms with E-state index in [9.17, 15) is 4.79 Å². The fourth-order valence-corrected chi connectivity index (χ4v) is 3.18. The lowest BCUT2D eigenvalue weighted by Crippen LogP contribution is -2.47. The zero-order valence-electron chi connectivity index (χ0n) is 14.9. The maximum atomic E-state index is 11.6. The summed E-state index contributed by atoms with van der Waals surface area (Å²) in [6.07, 6.45) is 3.03. The highest BCUT2D eigenvalue weighted by Gasteiger charge is 2.43. The number of esters is 1. The average Bonchev–Trinajstić information content (AvgIpc) is 3.34. The van der Waals surface area contributed by atoms with E-state index in [0.29, 0.717) is 12.5 Å². The SMILES string of the molecule is CCOC(=O)[C@@H]1CC1CCc1ccc(B2OCC(C)(C)CO2)cc1. The second kappa shape index (κ2) is 7.28. The summed E-state index contributed by atoms with van der Waals surface area (Å²) in [7, 11) is -0.247. The quantitative estimate of drug-likeness (QED) is 0.594. The zero-order valence-corrected chi connectivity index (χ0v) is 14.9. The molecule has 1 aliphatic carbocycles. The van der Waals surface area contributed by atoms with Crippen LogP contribution in [0.15, 0.2) is 24.3 Å². The van der Waals surface area contributed by atoms with Gasteiger partial charge in [0.2, 0.25) is 0 Å². The Bertz CT molecular complexity index is 559. The van der Waals surface area contributed by atoms with Gasteiger partial charge in [0.05, 0.1) is 12.5 Å². The van der Waals surface area contributed by atoms with Crippen LogP contribution in [0.1, 0.15) is 39.2 Å². The van der Waals surface area contributed by atoms with Crippen LogP contribution in [0.25, 0.3) is 0 Å². The third-order valence-corrected chi connectivity index (χ3v) is 4.82. The van der Waals surface area contributed by atoms with Crippen molar-refractivity contribution in [3.63, 3.8) is 0 Å². The Balaban J connectivity index is 1.45. The molecular weight excluding hydrogens is 303 g/mol. The lowest BCUT2D eigenvalue weighted by Gasteiger charge is -2.33. The number of benzene rings is 1. The zero-order chi connectivity index (χ0) is 17.2. The third-order valence-electron chi connectivity index (χ3n) is 4.82. The van der Waals surface area contributed by atoms with E-state index in [2.05, 4.69) is 38.1 Å². The summed E-state index contributed by atoms with van der Waals surface area (Å²) < 4.78 is 16.7. The summed E-state index contributed by atoms with van der Waals surface area (Å²) in [5, 5.41) is 0. The maximum absolute atomic E-state index is 11.6. The lowest BCUT2D eigenvalue weighted by molar-refractivity contribution is -0.145.